The van der Waals surface area contributed by atoms with E-state index in [1.807, 2.05) is 60.7 Å². The predicted octanol–water partition coefficient (Wildman–Crippen LogP) is 2.71. The van der Waals surface area contributed by atoms with Crippen LogP contribution in [0.3, 0.4) is 0 Å². The summed E-state index contributed by atoms with van der Waals surface area (Å²) in [6, 6.07) is 17.9. The zero-order chi connectivity index (χ0) is 19.2. The van der Waals surface area contributed by atoms with E-state index in [1.54, 1.807) is 20.8 Å². The van der Waals surface area contributed by atoms with Crippen LogP contribution >= 0.6 is 0 Å². The lowest BCUT2D eigenvalue weighted by Gasteiger charge is -2.23. The Hall–Kier alpha value is -2.44. The van der Waals surface area contributed by atoms with Crippen molar-refractivity contribution in [1.82, 2.24) is 0 Å². The molecule has 26 heavy (non-hydrogen) atoms. The van der Waals surface area contributed by atoms with Gasteiger partial charge in [0.15, 0.2) is 0 Å². The third kappa shape index (κ3) is 6.13. The molecule has 6 heteroatoms. The average molecular weight is 353 g/mol. The summed E-state index contributed by atoms with van der Waals surface area (Å²) in [5, 5.41) is 18.8. The van der Waals surface area contributed by atoms with E-state index in [0.717, 1.165) is 11.1 Å². The molecular formula is C20H24BNO4. The lowest BCUT2D eigenvalue weighted by Crippen LogP contribution is -2.34. The second-order valence-corrected chi connectivity index (χ2v) is 6.98. The minimum atomic E-state index is -1.66. The average Bonchev–Trinajstić information content (AvgIpc) is 2.58. The van der Waals surface area contributed by atoms with Gasteiger partial charge in [0.25, 0.3) is 0 Å². The standard InChI is InChI=1S/C20H24BNO4/c1-20(2,3)26-19(23)17(14-21(24)25)22-18(15-10-6-4-7-11-15)16-12-8-5-9-13-16/h4-13,17,24-25H,14H2,1-3H3. The highest BCUT2D eigenvalue weighted by atomic mass is 16.6. The molecule has 2 aromatic rings. The van der Waals surface area contributed by atoms with Crippen LogP contribution in [0, 0.1) is 0 Å². The molecule has 0 spiro atoms. The van der Waals surface area contributed by atoms with Gasteiger partial charge in [-0.2, -0.15) is 0 Å². The highest BCUT2D eigenvalue weighted by Gasteiger charge is 2.29. The molecule has 0 bridgehead atoms. The molecule has 0 saturated carbocycles. The highest BCUT2D eigenvalue weighted by Crippen LogP contribution is 2.17. The number of benzene rings is 2. The van der Waals surface area contributed by atoms with Gasteiger partial charge in [0.05, 0.1) is 5.71 Å². The Kier molecular flexibility index (Phi) is 6.72. The van der Waals surface area contributed by atoms with E-state index in [0.29, 0.717) is 5.71 Å². The molecule has 0 radical (unpaired) electrons. The van der Waals surface area contributed by atoms with Crippen LogP contribution in [0.15, 0.2) is 65.7 Å². The van der Waals surface area contributed by atoms with Gasteiger partial charge in [-0.25, -0.2) is 4.79 Å². The number of nitrogens with zero attached hydrogens (tertiary/aromatic N) is 1. The molecule has 1 unspecified atom stereocenters. The third-order valence-electron chi connectivity index (χ3n) is 3.49. The lowest BCUT2D eigenvalue weighted by atomic mass is 9.81. The highest BCUT2D eigenvalue weighted by molar-refractivity contribution is 6.41. The van der Waals surface area contributed by atoms with Gasteiger partial charge < -0.3 is 14.8 Å². The monoisotopic (exact) mass is 353 g/mol. The van der Waals surface area contributed by atoms with Crippen LogP contribution in [-0.2, 0) is 9.53 Å². The van der Waals surface area contributed by atoms with Crippen molar-refractivity contribution in [1.29, 1.82) is 0 Å². The second-order valence-electron chi connectivity index (χ2n) is 6.98. The van der Waals surface area contributed by atoms with Crippen molar-refractivity contribution in [3.8, 4) is 0 Å². The molecule has 0 aliphatic heterocycles. The Labute approximate surface area is 154 Å². The minimum absolute atomic E-state index is 0.238. The summed E-state index contributed by atoms with van der Waals surface area (Å²) < 4.78 is 5.41. The van der Waals surface area contributed by atoms with Crippen molar-refractivity contribution in [3.63, 3.8) is 0 Å². The predicted molar refractivity (Wildman–Crippen MR) is 103 cm³/mol. The number of aliphatic imine (C=N–C) groups is 1. The number of rotatable bonds is 6. The number of carbonyl (C=O) groups is 1. The maximum Gasteiger partial charge on any atom is 0.454 e. The van der Waals surface area contributed by atoms with Gasteiger partial charge >= 0.3 is 13.1 Å². The zero-order valence-electron chi connectivity index (χ0n) is 15.3. The van der Waals surface area contributed by atoms with Gasteiger partial charge in [0, 0.05) is 17.4 Å². The molecule has 2 aromatic carbocycles. The van der Waals surface area contributed by atoms with E-state index in [4.69, 9.17) is 4.74 Å². The second kappa shape index (κ2) is 8.78. The number of ether oxygens (including phenoxy) is 1. The number of esters is 1. The van der Waals surface area contributed by atoms with E-state index in [2.05, 4.69) is 4.99 Å². The van der Waals surface area contributed by atoms with E-state index in [1.165, 1.54) is 0 Å². The van der Waals surface area contributed by atoms with Gasteiger partial charge in [-0.15, -0.1) is 0 Å². The fourth-order valence-electron chi connectivity index (χ4n) is 2.43. The van der Waals surface area contributed by atoms with E-state index in [9.17, 15) is 14.8 Å². The van der Waals surface area contributed by atoms with Crippen molar-refractivity contribution in [2.24, 2.45) is 4.99 Å². The molecule has 1 atom stereocenters. The van der Waals surface area contributed by atoms with Crippen LogP contribution in [0.2, 0.25) is 6.32 Å². The van der Waals surface area contributed by atoms with Gasteiger partial charge in [-0.05, 0) is 20.8 Å². The Balaban J connectivity index is 2.47. The molecule has 0 aliphatic rings. The fraction of sp³-hybridized carbons (Fsp3) is 0.300. The van der Waals surface area contributed by atoms with Crippen molar-refractivity contribution in [2.45, 2.75) is 38.7 Å². The van der Waals surface area contributed by atoms with Gasteiger partial charge in [0.1, 0.15) is 11.6 Å². The molecule has 136 valence electrons. The van der Waals surface area contributed by atoms with E-state index < -0.39 is 24.7 Å². The van der Waals surface area contributed by atoms with Crippen LogP contribution in [0.4, 0.5) is 0 Å². The lowest BCUT2D eigenvalue weighted by molar-refractivity contribution is -0.155. The summed E-state index contributed by atoms with van der Waals surface area (Å²) in [6.45, 7) is 5.28. The van der Waals surface area contributed by atoms with Crippen LogP contribution in [-0.4, -0.2) is 40.5 Å². The van der Waals surface area contributed by atoms with E-state index >= 15 is 0 Å². The van der Waals surface area contributed by atoms with Crippen LogP contribution in [0.25, 0.3) is 0 Å². The largest absolute Gasteiger partial charge is 0.458 e. The summed E-state index contributed by atoms with van der Waals surface area (Å²) in [7, 11) is -1.66. The SMILES string of the molecule is CC(C)(C)OC(=O)C(CB(O)O)N=C(c1ccccc1)c1ccccc1. The van der Waals surface area contributed by atoms with Crippen molar-refractivity contribution >= 4 is 18.8 Å². The first kappa shape index (κ1) is 19.9. The Bertz CT molecular complexity index is 698. The van der Waals surface area contributed by atoms with Gasteiger partial charge in [-0.1, -0.05) is 60.7 Å². The normalized spacial score (nSPS) is 12.2. The zero-order valence-corrected chi connectivity index (χ0v) is 15.3. The first-order valence-corrected chi connectivity index (χ1v) is 8.54. The molecule has 0 aromatic heterocycles. The maximum atomic E-state index is 12.5. The maximum absolute atomic E-state index is 12.5. The third-order valence-corrected chi connectivity index (χ3v) is 3.49. The molecule has 0 aliphatic carbocycles. The van der Waals surface area contributed by atoms with Crippen LogP contribution in [0.1, 0.15) is 31.9 Å². The first-order valence-electron chi connectivity index (χ1n) is 8.54. The molecule has 0 heterocycles. The summed E-state index contributed by atoms with van der Waals surface area (Å²) >= 11 is 0. The molecule has 0 saturated heterocycles. The first-order chi connectivity index (χ1) is 12.3. The van der Waals surface area contributed by atoms with Crippen molar-refractivity contribution in [3.05, 3.63) is 71.8 Å². The summed E-state index contributed by atoms with van der Waals surface area (Å²) in [4.78, 5) is 17.1. The quantitative estimate of drug-likeness (QED) is 0.475. The summed E-state index contributed by atoms with van der Waals surface area (Å²) in [5.74, 6) is -0.588. The number of hydrogen-bond donors (Lipinski definition) is 2. The molecule has 0 fully saturated rings. The molecule has 5 nitrogen and oxygen atoms in total. The van der Waals surface area contributed by atoms with Crippen molar-refractivity contribution in [2.75, 3.05) is 0 Å². The van der Waals surface area contributed by atoms with E-state index in [-0.39, 0.29) is 6.32 Å². The molecule has 2 rings (SSSR count). The number of hydrogen-bond acceptors (Lipinski definition) is 5. The Morgan fingerprint density at radius 2 is 1.46 bits per heavy atom. The van der Waals surface area contributed by atoms with Gasteiger partial charge in [-0.3, -0.25) is 4.99 Å². The fourth-order valence-corrected chi connectivity index (χ4v) is 2.43. The smallest absolute Gasteiger partial charge is 0.454 e. The number of carbonyl (C=O) groups excluding carboxylic acids is 1. The minimum Gasteiger partial charge on any atom is -0.458 e. The van der Waals surface area contributed by atoms with Crippen molar-refractivity contribution < 1.29 is 19.6 Å². The van der Waals surface area contributed by atoms with Crippen LogP contribution < -0.4 is 0 Å². The van der Waals surface area contributed by atoms with Gasteiger partial charge in [0.2, 0.25) is 0 Å². The Morgan fingerprint density at radius 1 is 1.00 bits per heavy atom. The molecule has 0 amide bonds. The molecular weight excluding hydrogens is 329 g/mol. The summed E-state index contributed by atoms with van der Waals surface area (Å²) in [5.41, 5.74) is 1.58. The topological polar surface area (TPSA) is 79.1 Å². The molecule has 2 N–H and O–H groups in total. The summed E-state index contributed by atoms with van der Waals surface area (Å²) in [6.07, 6.45) is -0.238. The Morgan fingerprint density at radius 3 is 1.85 bits per heavy atom. The van der Waals surface area contributed by atoms with Crippen LogP contribution in [0.5, 0.6) is 0 Å².